The van der Waals surface area contributed by atoms with Gasteiger partial charge in [0.05, 0.1) is 0 Å². The molecule has 0 radical (unpaired) electrons. The second-order valence-corrected chi connectivity index (χ2v) is 4.84. The number of hydrazone groups is 1. The van der Waals surface area contributed by atoms with Gasteiger partial charge in [-0.25, -0.2) is 9.97 Å². The quantitative estimate of drug-likeness (QED) is 0.498. The predicted octanol–water partition coefficient (Wildman–Crippen LogP) is 3.93. The van der Waals surface area contributed by atoms with Gasteiger partial charge in [-0.05, 0) is 31.9 Å². The molecule has 0 aliphatic heterocycles. The first-order valence-electron chi connectivity index (χ1n) is 7.16. The van der Waals surface area contributed by atoms with E-state index in [4.69, 9.17) is 0 Å². The Kier molecular flexibility index (Phi) is 5.60. The maximum atomic E-state index is 4.40. The highest BCUT2D eigenvalue weighted by atomic mass is 15.3. The number of nitrogens with one attached hydrogen (secondary N) is 1. The lowest BCUT2D eigenvalue weighted by Gasteiger charge is -2.09. The van der Waals surface area contributed by atoms with Gasteiger partial charge < -0.3 is 0 Å². The van der Waals surface area contributed by atoms with Crippen LogP contribution >= 0.6 is 0 Å². The Labute approximate surface area is 131 Å². The van der Waals surface area contributed by atoms with Gasteiger partial charge in [0.2, 0.25) is 0 Å². The van der Waals surface area contributed by atoms with Gasteiger partial charge in [-0.2, -0.15) is 5.10 Å². The normalized spacial score (nSPS) is 11.2. The van der Waals surface area contributed by atoms with Crippen LogP contribution in [0.1, 0.15) is 22.6 Å². The van der Waals surface area contributed by atoms with E-state index in [2.05, 4.69) is 27.1 Å². The van der Waals surface area contributed by atoms with Crippen LogP contribution < -0.4 is 5.43 Å². The fourth-order valence-corrected chi connectivity index (χ4v) is 2.08. The van der Waals surface area contributed by atoms with Crippen molar-refractivity contribution in [2.45, 2.75) is 20.3 Å². The van der Waals surface area contributed by atoms with Gasteiger partial charge in [-0.1, -0.05) is 42.5 Å². The van der Waals surface area contributed by atoms with E-state index >= 15 is 0 Å². The summed E-state index contributed by atoms with van der Waals surface area (Å²) in [5.41, 5.74) is 6.09. The van der Waals surface area contributed by atoms with Crippen LogP contribution in [0.25, 0.3) is 6.08 Å². The third-order valence-corrected chi connectivity index (χ3v) is 3.09. The Morgan fingerprint density at radius 3 is 2.68 bits per heavy atom. The molecule has 1 aromatic carbocycles. The second kappa shape index (κ2) is 7.88. The van der Waals surface area contributed by atoms with Gasteiger partial charge in [-0.15, -0.1) is 6.58 Å². The van der Waals surface area contributed by atoms with Crippen molar-refractivity contribution in [2.24, 2.45) is 5.10 Å². The number of rotatable bonds is 6. The molecule has 0 saturated heterocycles. The van der Waals surface area contributed by atoms with E-state index in [9.17, 15) is 0 Å². The zero-order chi connectivity index (χ0) is 15.8. The second-order valence-electron chi connectivity index (χ2n) is 4.84. The molecule has 1 aromatic heterocycles. The summed E-state index contributed by atoms with van der Waals surface area (Å²) in [5, 5.41) is 4.20. The number of nitrogens with zero attached hydrogens (tertiary/aromatic N) is 3. The molecule has 1 N–H and O–H groups in total. The van der Waals surface area contributed by atoms with Crippen LogP contribution in [0.3, 0.4) is 0 Å². The maximum Gasteiger partial charge on any atom is 0.153 e. The molecule has 0 spiro atoms. The smallest absolute Gasteiger partial charge is 0.153 e. The standard InChI is InChI=1S/C18H20N4/c1-4-9-17-14(2)20-15(3)21-18(17)22-19-13-8-12-16-10-6-5-7-11-16/h4-8,10-13H,1,9H2,2-3H3,(H,20,21,22)/b12-8-,19-13-. The van der Waals surface area contributed by atoms with E-state index < -0.39 is 0 Å². The molecule has 2 rings (SSSR count). The number of hydrogen-bond acceptors (Lipinski definition) is 4. The van der Waals surface area contributed by atoms with Crippen LogP contribution in [0.15, 0.2) is 54.2 Å². The van der Waals surface area contributed by atoms with E-state index in [1.807, 2.05) is 62.4 Å². The van der Waals surface area contributed by atoms with Crippen molar-refractivity contribution in [1.82, 2.24) is 9.97 Å². The minimum atomic E-state index is 0.712. The zero-order valence-electron chi connectivity index (χ0n) is 13.0. The summed E-state index contributed by atoms with van der Waals surface area (Å²) in [6.45, 7) is 7.61. The first-order valence-corrected chi connectivity index (χ1v) is 7.16. The van der Waals surface area contributed by atoms with E-state index in [1.54, 1.807) is 6.21 Å². The fraction of sp³-hybridized carbons (Fsp3) is 0.167. The van der Waals surface area contributed by atoms with Crippen LogP contribution in [0, 0.1) is 13.8 Å². The van der Waals surface area contributed by atoms with Gasteiger partial charge in [0.25, 0.3) is 0 Å². The molecule has 0 aliphatic rings. The van der Waals surface area contributed by atoms with E-state index in [-0.39, 0.29) is 0 Å². The maximum absolute atomic E-state index is 4.40. The van der Waals surface area contributed by atoms with Crippen LogP contribution in [-0.4, -0.2) is 16.2 Å². The summed E-state index contributed by atoms with van der Waals surface area (Å²) in [4.78, 5) is 8.77. The van der Waals surface area contributed by atoms with E-state index in [0.29, 0.717) is 6.42 Å². The lowest BCUT2D eigenvalue weighted by atomic mass is 10.1. The molecule has 0 unspecified atom stereocenters. The molecular formula is C18H20N4. The highest BCUT2D eigenvalue weighted by Crippen LogP contribution is 2.17. The number of benzene rings is 1. The summed E-state index contributed by atoms with van der Waals surface area (Å²) < 4.78 is 0. The minimum Gasteiger partial charge on any atom is -0.261 e. The average molecular weight is 292 g/mol. The zero-order valence-corrected chi connectivity index (χ0v) is 13.0. The Hall–Kier alpha value is -2.75. The largest absolute Gasteiger partial charge is 0.261 e. The molecule has 0 aliphatic carbocycles. The summed E-state index contributed by atoms with van der Waals surface area (Å²) >= 11 is 0. The number of aromatic nitrogens is 2. The van der Waals surface area contributed by atoms with Crippen molar-refractivity contribution in [2.75, 3.05) is 5.43 Å². The number of allylic oxidation sites excluding steroid dienone is 2. The van der Waals surface area contributed by atoms with Gasteiger partial charge >= 0.3 is 0 Å². The Morgan fingerprint density at radius 2 is 1.95 bits per heavy atom. The minimum absolute atomic E-state index is 0.712. The molecule has 2 aromatic rings. The fourth-order valence-electron chi connectivity index (χ4n) is 2.08. The van der Waals surface area contributed by atoms with E-state index in [0.717, 1.165) is 28.5 Å². The first-order chi connectivity index (χ1) is 10.7. The van der Waals surface area contributed by atoms with Gasteiger partial charge in [-0.3, -0.25) is 5.43 Å². The molecule has 112 valence electrons. The lowest BCUT2D eigenvalue weighted by Crippen LogP contribution is -2.04. The van der Waals surface area contributed by atoms with E-state index in [1.165, 1.54) is 0 Å². The molecule has 4 nitrogen and oxygen atoms in total. The first kappa shape index (κ1) is 15.6. The van der Waals surface area contributed by atoms with Crippen LogP contribution in [0.5, 0.6) is 0 Å². The molecule has 1 heterocycles. The number of anilines is 1. The van der Waals surface area contributed by atoms with Gasteiger partial charge in [0.1, 0.15) is 5.82 Å². The highest BCUT2D eigenvalue weighted by molar-refractivity contribution is 5.78. The molecule has 22 heavy (non-hydrogen) atoms. The summed E-state index contributed by atoms with van der Waals surface area (Å²) in [7, 11) is 0. The summed E-state index contributed by atoms with van der Waals surface area (Å²) in [6.07, 6.45) is 8.13. The summed E-state index contributed by atoms with van der Waals surface area (Å²) in [5.74, 6) is 1.46. The molecule has 0 fully saturated rings. The highest BCUT2D eigenvalue weighted by Gasteiger charge is 2.07. The number of hydrogen-bond donors (Lipinski definition) is 1. The topological polar surface area (TPSA) is 50.2 Å². The third-order valence-electron chi connectivity index (χ3n) is 3.09. The van der Waals surface area contributed by atoms with Crippen molar-refractivity contribution in [3.63, 3.8) is 0 Å². The molecule has 0 saturated carbocycles. The predicted molar refractivity (Wildman–Crippen MR) is 93.0 cm³/mol. The third kappa shape index (κ3) is 4.38. The van der Waals surface area contributed by atoms with Crippen molar-refractivity contribution in [1.29, 1.82) is 0 Å². The Morgan fingerprint density at radius 1 is 1.18 bits per heavy atom. The lowest BCUT2D eigenvalue weighted by molar-refractivity contribution is 0.964. The van der Waals surface area contributed by atoms with Crippen molar-refractivity contribution < 1.29 is 0 Å². The van der Waals surface area contributed by atoms with Crippen molar-refractivity contribution >= 4 is 18.1 Å². The van der Waals surface area contributed by atoms with Crippen LogP contribution in [-0.2, 0) is 6.42 Å². The van der Waals surface area contributed by atoms with Crippen molar-refractivity contribution in [3.05, 3.63) is 71.7 Å². The van der Waals surface area contributed by atoms with Crippen LogP contribution in [0.2, 0.25) is 0 Å². The summed E-state index contributed by atoms with van der Waals surface area (Å²) in [6, 6.07) is 10.1. The van der Waals surface area contributed by atoms with Crippen LogP contribution in [0.4, 0.5) is 5.82 Å². The molecular weight excluding hydrogens is 272 g/mol. The average Bonchev–Trinajstić information content (AvgIpc) is 2.51. The Bertz CT molecular complexity index is 688. The Balaban J connectivity index is 2.06. The molecule has 0 bridgehead atoms. The molecule has 0 atom stereocenters. The van der Waals surface area contributed by atoms with Crippen molar-refractivity contribution in [3.8, 4) is 0 Å². The molecule has 4 heteroatoms. The monoisotopic (exact) mass is 292 g/mol. The number of aryl methyl sites for hydroxylation is 2. The van der Waals surface area contributed by atoms with Gasteiger partial charge in [0.15, 0.2) is 5.82 Å². The SMILES string of the molecule is C=CCc1c(C)nc(C)nc1N/N=C\C=C/c1ccccc1. The van der Waals surface area contributed by atoms with Gasteiger partial charge in [0, 0.05) is 17.5 Å². The molecule has 0 amide bonds.